The third-order valence-corrected chi connectivity index (χ3v) is 9.40. The van der Waals surface area contributed by atoms with Crippen LogP contribution in [-0.2, 0) is 28.6 Å². The lowest BCUT2D eigenvalue weighted by Gasteiger charge is -2.34. The zero-order valence-electron chi connectivity index (χ0n) is 33.3. The molecule has 2 unspecified atom stereocenters. The van der Waals surface area contributed by atoms with Crippen LogP contribution in [0.4, 0.5) is 0 Å². The topological polar surface area (TPSA) is 102 Å². The number of unbranched alkanes of at least 4 members (excludes halogenated alkanes) is 21. The van der Waals surface area contributed by atoms with Gasteiger partial charge in [-0.05, 0) is 38.5 Å². The van der Waals surface area contributed by atoms with Crippen LogP contribution in [0.2, 0.25) is 0 Å². The summed E-state index contributed by atoms with van der Waals surface area (Å²) in [5.74, 6) is -1.74. The number of allylic oxidation sites excluding steroid dienone is 2. The number of carboxylic acids is 1. The largest absolute Gasteiger partial charge is 0.544 e. The van der Waals surface area contributed by atoms with Gasteiger partial charge in [0.15, 0.2) is 6.10 Å². The molecule has 0 amide bonds. The molecule has 8 nitrogen and oxygen atoms in total. The van der Waals surface area contributed by atoms with E-state index in [-0.39, 0.29) is 42.7 Å². The summed E-state index contributed by atoms with van der Waals surface area (Å²) in [6.07, 6.45) is 33.9. The van der Waals surface area contributed by atoms with Gasteiger partial charge in [0.05, 0.1) is 40.3 Å². The first-order valence-electron chi connectivity index (χ1n) is 20.7. The second-order valence-electron chi connectivity index (χ2n) is 15.2. The summed E-state index contributed by atoms with van der Waals surface area (Å²) in [6, 6.07) is -0.721. The van der Waals surface area contributed by atoms with Crippen molar-refractivity contribution < 1.29 is 38.2 Å². The van der Waals surface area contributed by atoms with Gasteiger partial charge >= 0.3 is 11.9 Å². The highest BCUT2D eigenvalue weighted by molar-refractivity contribution is 5.70. The number of hydrogen-bond acceptors (Lipinski definition) is 7. The van der Waals surface area contributed by atoms with E-state index in [1.54, 1.807) is 21.1 Å². The average Bonchev–Trinajstić information content (AvgIpc) is 3.06. The highest BCUT2D eigenvalue weighted by Crippen LogP contribution is 2.14. The zero-order chi connectivity index (χ0) is 37.1. The molecule has 0 N–H and O–H groups in total. The van der Waals surface area contributed by atoms with Crippen LogP contribution in [-0.4, -0.2) is 75.5 Å². The van der Waals surface area contributed by atoms with Gasteiger partial charge in [-0.2, -0.15) is 0 Å². The summed E-state index contributed by atoms with van der Waals surface area (Å²) in [6.45, 7) is 4.63. The number of carbonyl (C=O) groups is 3. The van der Waals surface area contributed by atoms with Crippen molar-refractivity contribution in [2.24, 2.45) is 0 Å². The van der Waals surface area contributed by atoms with Gasteiger partial charge in [0.2, 0.25) is 0 Å². The molecule has 0 saturated carbocycles. The highest BCUT2D eigenvalue weighted by atomic mass is 16.6. The van der Waals surface area contributed by atoms with Crippen molar-refractivity contribution in [3.8, 4) is 0 Å². The molecule has 0 radical (unpaired) electrons. The number of nitrogens with zero attached hydrogens (tertiary/aromatic N) is 1. The maximum absolute atomic E-state index is 12.6. The van der Waals surface area contributed by atoms with Crippen LogP contribution in [0.3, 0.4) is 0 Å². The molecule has 0 heterocycles. The van der Waals surface area contributed by atoms with Crippen LogP contribution < -0.4 is 5.11 Å². The third-order valence-electron chi connectivity index (χ3n) is 9.40. The highest BCUT2D eigenvalue weighted by Gasteiger charge is 2.25. The molecule has 294 valence electrons. The second-order valence-corrected chi connectivity index (χ2v) is 15.2. The fraction of sp³-hybridized carbons (Fsp3) is 0.881. The van der Waals surface area contributed by atoms with Gasteiger partial charge in [0, 0.05) is 19.3 Å². The third kappa shape index (κ3) is 32.0. The summed E-state index contributed by atoms with van der Waals surface area (Å²) >= 11 is 0. The Bertz CT molecular complexity index is 838. The predicted molar refractivity (Wildman–Crippen MR) is 204 cm³/mol. The molecule has 0 aliphatic heterocycles. The van der Waals surface area contributed by atoms with Crippen LogP contribution in [0.15, 0.2) is 12.2 Å². The van der Waals surface area contributed by atoms with Crippen LogP contribution in [0.5, 0.6) is 0 Å². The number of rotatable bonds is 37. The molecular formula is C42H79NO7. The van der Waals surface area contributed by atoms with Gasteiger partial charge in [-0.25, -0.2) is 0 Å². The van der Waals surface area contributed by atoms with E-state index in [0.29, 0.717) is 12.8 Å². The number of likely N-dealkylation sites (N-methyl/N-ethyl adjacent to an activating group) is 1. The fourth-order valence-electron chi connectivity index (χ4n) is 6.12. The quantitative estimate of drug-likeness (QED) is 0.0274. The minimum atomic E-state index is -1.13. The molecule has 0 aromatic carbocycles. The average molecular weight is 710 g/mol. The Hall–Kier alpha value is -1.93. The Labute approximate surface area is 308 Å². The lowest BCUT2D eigenvalue weighted by atomic mass is 10.1. The number of carbonyl (C=O) groups excluding carboxylic acids is 3. The molecule has 0 aromatic rings. The molecule has 8 heteroatoms. The standard InChI is InChI=1S/C42H79NO7/c1-6-8-10-12-14-16-17-18-19-20-21-22-23-24-25-27-28-30-32-40(44)49-37-38(36-48-35-34-39(42(46)47)43(3,4)5)50-41(45)33-31-29-26-15-13-11-9-7-2/h21-22,38-39H,6-20,23-37H2,1-5H3/b22-21+. The Balaban J connectivity index is 4.26. The first-order valence-corrected chi connectivity index (χ1v) is 20.7. The van der Waals surface area contributed by atoms with E-state index in [1.807, 2.05) is 0 Å². The molecule has 0 aromatic heterocycles. The van der Waals surface area contributed by atoms with E-state index in [0.717, 1.165) is 44.9 Å². The first kappa shape index (κ1) is 48.1. The zero-order valence-corrected chi connectivity index (χ0v) is 33.3. The minimum Gasteiger partial charge on any atom is -0.544 e. The minimum absolute atomic E-state index is 0.0427. The monoisotopic (exact) mass is 710 g/mol. The molecule has 50 heavy (non-hydrogen) atoms. The number of hydrogen-bond donors (Lipinski definition) is 0. The molecule has 0 fully saturated rings. The molecule has 0 bridgehead atoms. The van der Waals surface area contributed by atoms with Crippen molar-refractivity contribution in [2.75, 3.05) is 41.0 Å². The van der Waals surface area contributed by atoms with Gasteiger partial charge in [0.1, 0.15) is 12.6 Å². The first-order chi connectivity index (χ1) is 24.1. The van der Waals surface area contributed by atoms with Crippen molar-refractivity contribution in [3.05, 3.63) is 12.2 Å². The van der Waals surface area contributed by atoms with Gasteiger partial charge in [0.25, 0.3) is 0 Å². The van der Waals surface area contributed by atoms with Crippen molar-refractivity contribution in [2.45, 2.75) is 199 Å². The normalized spacial score (nSPS) is 13.1. The lowest BCUT2D eigenvalue weighted by molar-refractivity contribution is -0.889. The van der Waals surface area contributed by atoms with Crippen molar-refractivity contribution >= 4 is 17.9 Å². The molecule has 2 atom stereocenters. The Morgan fingerprint density at radius 1 is 0.580 bits per heavy atom. The molecular weight excluding hydrogens is 630 g/mol. The van der Waals surface area contributed by atoms with Gasteiger partial charge in [-0.3, -0.25) is 9.59 Å². The number of quaternary nitrogens is 1. The van der Waals surface area contributed by atoms with Crippen molar-refractivity contribution in [1.82, 2.24) is 0 Å². The molecule has 0 saturated heterocycles. The second kappa shape index (κ2) is 34.2. The number of carboxylic acid groups (broad SMARTS) is 1. The SMILES string of the molecule is CCCCCCCCCCC/C=C/CCCCCCCC(=O)OCC(COCCC(C(=O)[O-])[N+](C)(C)C)OC(=O)CCCCCCCCCC. The Morgan fingerprint density at radius 2 is 1.00 bits per heavy atom. The molecule has 0 spiro atoms. The summed E-state index contributed by atoms with van der Waals surface area (Å²) in [5, 5.41) is 11.6. The van der Waals surface area contributed by atoms with E-state index in [9.17, 15) is 19.5 Å². The van der Waals surface area contributed by atoms with E-state index in [2.05, 4.69) is 26.0 Å². The maximum atomic E-state index is 12.6. The lowest BCUT2D eigenvalue weighted by Crippen LogP contribution is -2.55. The van der Waals surface area contributed by atoms with Gasteiger partial charge in [-0.15, -0.1) is 0 Å². The van der Waals surface area contributed by atoms with E-state index in [4.69, 9.17) is 14.2 Å². The summed E-state index contributed by atoms with van der Waals surface area (Å²) in [4.78, 5) is 36.6. The van der Waals surface area contributed by atoms with Crippen LogP contribution >= 0.6 is 0 Å². The van der Waals surface area contributed by atoms with Crippen molar-refractivity contribution in [1.29, 1.82) is 0 Å². The van der Waals surface area contributed by atoms with Gasteiger partial charge in [-0.1, -0.05) is 142 Å². The predicted octanol–water partition coefficient (Wildman–Crippen LogP) is 9.41. The molecule has 0 aliphatic rings. The fourth-order valence-corrected chi connectivity index (χ4v) is 6.12. The van der Waals surface area contributed by atoms with Gasteiger partial charge < -0.3 is 28.6 Å². The molecule has 0 rings (SSSR count). The number of esters is 2. The van der Waals surface area contributed by atoms with Crippen LogP contribution in [0.25, 0.3) is 0 Å². The maximum Gasteiger partial charge on any atom is 0.306 e. The van der Waals surface area contributed by atoms with Crippen LogP contribution in [0.1, 0.15) is 187 Å². The number of ether oxygens (including phenoxy) is 3. The van der Waals surface area contributed by atoms with E-state index in [1.165, 1.54) is 109 Å². The number of aliphatic carboxylic acids is 1. The Kier molecular flexibility index (Phi) is 32.9. The Morgan fingerprint density at radius 3 is 1.44 bits per heavy atom. The van der Waals surface area contributed by atoms with Crippen molar-refractivity contribution in [3.63, 3.8) is 0 Å². The smallest absolute Gasteiger partial charge is 0.306 e. The van der Waals surface area contributed by atoms with Crippen LogP contribution in [0, 0.1) is 0 Å². The summed E-state index contributed by atoms with van der Waals surface area (Å²) in [5.41, 5.74) is 0. The summed E-state index contributed by atoms with van der Waals surface area (Å²) in [7, 11) is 5.40. The summed E-state index contributed by atoms with van der Waals surface area (Å²) < 4.78 is 17.1. The van der Waals surface area contributed by atoms with E-state index >= 15 is 0 Å². The molecule has 0 aliphatic carbocycles. The van der Waals surface area contributed by atoms with E-state index < -0.39 is 18.1 Å².